The first-order valence-corrected chi connectivity index (χ1v) is 7.49. The zero-order valence-corrected chi connectivity index (χ0v) is 13.3. The number of hydrogen-bond acceptors (Lipinski definition) is 3. The lowest BCUT2D eigenvalue weighted by atomic mass is 10.1. The van der Waals surface area contributed by atoms with Crippen LogP contribution in [0, 0.1) is 0 Å². The maximum absolute atomic E-state index is 12.9. The van der Waals surface area contributed by atoms with Crippen LogP contribution in [-0.4, -0.2) is 31.5 Å². The van der Waals surface area contributed by atoms with Crippen molar-refractivity contribution < 1.29 is 31.8 Å². The van der Waals surface area contributed by atoms with Gasteiger partial charge in [-0.25, -0.2) is 13.6 Å². The molecule has 0 bridgehead atoms. The zero-order chi connectivity index (χ0) is 18.4. The highest BCUT2D eigenvalue weighted by Crippen LogP contribution is 2.26. The van der Waals surface area contributed by atoms with E-state index in [1.165, 1.54) is 18.2 Å². The van der Waals surface area contributed by atoms with E-state index in [1.54, 1.807) is 37.3 Å². The second-order valence-corrected chi connectivity index (χ2v) is 5.20. The highest BCUT2D eigenvalue weighted by atomic mass is 19.3. The number of halogens is 4. The van der Waals surface area contributed by atoms with Crippen LogP contribution in [0.1, 0.15) is 12.5 Å². The van der Waals surface area contributed by atoms with Gasteiger partial charge in [-0.05, 0) is 47.5 Å². The Morgan fingerprint density at radius 1 is 1.16 bits per heavy atom. The summed E-state index contributed by atoms with van der Waals surface area (Å²) in [6, 6.07) is 9.72. The molecule has 2 aromatic rings. The quantitative estimate of drug-likeness (QED) is 0.410. The van der Waals surface area contributed by atoms with Crippen molar-refractivity contribution in [3.05, 3.63) is 48.0 Å². The van der Waals surface area contributed by atoms with E-state index < -0.39 is 24.9 Å². The van der Waals surface area contributed by atoms with Crippen molar-refractivity contribution >= 4 is 22.8 Å². The fourth-order valence-electron chi connectivity index (χ4n) is 2.03. The first kappa shape index (κ1) is 18.8. The number of rotatable bonds is 7. The minimum atomic E-state index is -4.20. The summed E-state index contributed by atoms with van der Waals surface area (Å²) in [6.45, 7) is 0.601. The molecule has 0 aliphatic rings. The van der Waals surface area contributed by atoms with Gasteiger partial charge in [0.25, 0.3) is 0 Å². The Kier molecular flexibility index (Phi) is 6.01. The summed E-state index contributed by atoms with van der Waals surface area (Å²) in [6.07, 6.45) is -0.888. The second-order valence-electron chi connectivity index (χ2n) is 5.20. The molecule has 0 radical (unpaired) electrons. The molecule has 0 heterocycles. The van der Waals surface area contributed by atoms with Crippen LogP contribution < -0.4 is 4.74 Å². The van der Waals surface area contributed by atoms with Gasteiger partial charge in [0.2, 0.25) is 0 Å². The third kappa shape index (κ3) is 5.20. The topological polar surface area (TPSA) is 35.5 Å². The van der Waals surface area contributed by atoms with Crippen LogP contribution in [0.4, 0.5) is 17.6 Å². The Hall–Kier alpha value is -2.57. The van der Waals surface area contributed by atoms with E-state index in [0.717, 1.165) is 10.9 Å². The van der Waals surface area contributed by atoms with Gasteiger partial charge in [0.05, 0.1) is 6.61 Å². The van der Waals surface area contributed by atoms with Gasteiger partial charge in [0, 0.05) is 6.08 Å². The zero-order valence-electron chi connectivity index (χ0n) is 13.3. The lowest BCUT2D eigenvalue weighted by Gasteiger charge is -2.16. The average molecular weight is 356 g/mol. The Balaban J connectivity index is 2.11. The van der Waals surface area contributed by atoms with Crippen molar-refractivity contribution in [1.82, 2.24) is 0 Å². The van der Waals surface area contributed by atoms with Crippen molar-refractivity contribution in [2.24, 2.45) is 0 Å². The first-order chi connectivity index (χ1) is 11.8. The van der Waals surface area contributed by atoms with E-state index in [4.69, 9.17) is 9.47 Å². The average Bonchev–Trinajstić information content (AvgIpc) is 2.58. The monoisotopic (exact) mass is 356 g/mol. The molecular formula is C18H16F4O3. The lowest BCUT2D eigenvalue weighted by molar-refractivity contribution is -0.148. The molecule has 0 spiro atoms. The fraction of sp³-hybridized carbons (Fsp3) is 0.278. The lowest BCUT2D eigenvalue weighted by Crippen LogP contribution is -2.33. The molecule has 0 amide bonds. The summed E-state index contributed by atoms with van der Waals surface area (Å²) >= 11 is 0. The summed E-state index contributed by atoms with van der Waals surface area (Å²) in [5, 5.41) is 1.46. The van der Waals surface area contributed by atoms with E-state index in [1.807, 2.05) is 0 Å². The van der Waals surface area contributed by atoms with Crippen molar-refractivity contribution in [3.8, 4) is 5.75 Å². The van der Waals surface area contributed by atoms with Crippen molar-refractivity contribution in [1.29, 1.82) is 0 Å². The third-order valence-electron chi connectivity index (χ3n) is 3.28. The standard InChI is InChI=1S/C18H16F4O3/c1-2-24-16(23)8-4-12-3-5-14-10-15(7-6-13(14)9-12)25-11-18(21,22)17(19)20/h3-10,17H,2,11H2,1H3/b8-4+. The molecule has 0 unspecified atom stereocenters. The highest BCUT2D eigenvalue weighted by Gasteiger charge is 2.41. The van der Waals surface area contributed by atoms with Crippen LogP contribution in [0.3, 0.4) is 0 Å². The van der Waals surface area contributed by atoms with Crippen LogP contribution in [0.15, 0.2) is 42.5 Å². The highest BCUT2D eigenvalue weighted by molar-refractivity contribution is 5.90. The third-order valence-corrected chi connectivity index (χ3v) is 3.28. The van der Waals surface area contributed by atoms with Gasteiger partial charge < -0.3 is 9.47 Å². The SMILES string of the molecule is CCOC(=O)/C=C/c1ccc2cc(OCC(F)(F)C(F)F)ccc2c1. The molecule has 0 saturated heterocycles. The number of ether oxygens (including phenoxy) is 2. The molecule has 134 valence electrons. The van der Waals surface area contributed by atoms with Gasteiger partial charge in [0.1, 0.15) is 5.75 Å². The van der Waals surface area contributed by atoms with Gasteiger partial charge in [0.15, 0.2) is 6.61 Å². The molecular weight excluding hydrogens is 340 g/mol. The molecule has 7 heteroatoms. The van der Waals surface area contributed by atoms with Crippen molar-refractivity contribution in [2.45, 2.75) is 19.3 Å². The van der Waals surface area contributed by atoms with Gasteiger partial charge in [-0.2, -0.15) is 8.78 Å². The molecule has 0 aromatic heterocycles. The summed E-state index contributed by atoms with van der Waals surface area (Å²) in [7, 11) is 0. The summed E-state index contributed by atoms with van der Waals surface area (Å²) in [5.74, 6) is -4.58. The molecule has 0 atom stereocenters. The maximum atomic E-state index is 12.9. The van der Waals surface area contributed by atoms with E-state index in [0.29, 0.717) is 5.39 Å². The van der Waals surface area contributed by atoms with Crippen LogP contribution in [-0.2, 0) is 9.53 Å². The van der Waals surface area contributed by atoms with Crippen LogP contribution in [0.5, 0.6) is 5.75 Å². The van der Waals surface area contributed by atoms with Crippen LogP contribution >= 0.6 is 0 Å². The van der Waals surface area contributed by atoms with Crippen LogP contribution in [0.25, 0.3) is 16.8 Å². The number of hydrogen-bond donors (Lipinski definition) is 0. The van der Waals surface area contributed by atoms with E-state index in [2.05, 4.69) is 0 Å². The van der Waals surface area contributed by atoms with Gasteiger partial charge in [-0.3, -0.25) is 0 Å². The van der Waals surface area contributed by atoms with Gasteiger partial charge >= 0.3 is 18.3 Å². The van der Waals surface area contributed by atoms with E-state index in [9.17, 15) is 22.4 Å². The van der Waals surface area contributed by atoms with Gasteiger partial charge in [-0.15, -0.1) is 0 Å². The Labute approximate surface area is 141 Å². The Morgan fingerprint density at radius 3 is 2.52 bits per heavy atom. The summed E-state index contributed by atoms with van der Waals surface area (Å²) < 4.78 is 59.6. The maximum Gasteiger partial charge on any atom is 0.340 e. The smallest absolute Gasteiger partial charge is 0.340 e. The molecule has 3 nitrogen and oxygen atoms in total. The summed E-state index contributed by atoms with van der Waals surface area (Å²) in [4.78, 5) is 11.3. The molecule has 2 rings (SSSR count). The normalized spacial score (nSPS) is 12.1. The second kappa shape index (κ2) is 8.00. The van der Waals surface area contributed by atoms with E-state index >= 15 is 0 Å². The predicted molar refractivity (Wildman–Crippen MR) is 86.1 cm³/mol. The number of carbonyl (C=O) groups excluding carboxylic acids is 1. The number of esters is 1. The molecule has 0 aliphatic heterocycles. The molecule has 0 fully saturated rings. The molecule has 0 saturated carbocycles. The van der Waals surface area contributed by atoms with Crippen molar-refractivity contribution in [2.75, 3.05) is 13.2 Å². The molecule has 2 aromatic carbocycles. The van der Waals surface area contributed by atoms with Gasteiger partial charge in [-0.1, -0.05) is 18.2 Å². The fourth-order valence-corrected chi connectivity index (χ4v) is 2.03. The summed E-state index contributed by atoms with van der Waals surface area (Å²) in [5.41, 5.74) is 0.749. The van der Waals surface area contributed by atoms with E-state index in [-0.39, 0.29) is 12.4 Å². The minimum absolute atomic E-state index is 0.0719. The largest absolute Gasteiger partial charge is 0.487 e. The number of alkyl halides is 4. The molecule has 0 aliphatic carbocycles. The predicted octanol–water partition coefficient (Wildman–Crippen LogP) is 4.70. The van der Waals surface area contributed by atoms with Crippen molar-refractivity contribution in [3.63, 3.8) is 0 Å². The minimum Gasteiger partial charge on any atom is -0.487 e. The number of benzene rings is 2. The number of carbonyl (C=O) groups is 1. The Morgan fingerprint density at radius 2 is 1.84 bits per heavy atom. The number of fused-ring (bicyclic) bond motifs is 1. The molecule has 0 N–H and O–H groups in total. The Bertz CT molecular complexity index is 772. The first-order valence-electron chi connectivity index (χ1n) is 7.49. The molecule has 25 heavy (non-hydrogen) atoms. The van der Waals surface area contributed by atoms with Crippen LogP contribution in [0.2, 0.25) is 0 Å².